The summed E-state index contributed by atoms with van der Waals surface area (Å²) in [6, 6.07) is 0.319. The number of rotatable bonds is 6. The monoisotopic (exact) mass is 262 g/mol. The third kappa shape index (κ3) is 3.32. The van der Waals surface area contributed by atoms with E-state index in [4.69, 9.17) is 4.74 Å². The van der Waals surface area contributed by atoms with Crippen LogP contribution in [-0.2, 0) is 14.8 Å². The van der Waals surface area contributed by atoms with Gasteiger partial charge in [0.25, 0.3) is 0 Å². The maximum Gasteiger partial charge on any atom is 0.410 e. The lowest BCUT2D eigenvalue weighted by Gasteiger charge is -2.11. The van der Waals surface area contributed by atoms with Crippen molar-refractivity contribution in [2.45, 2.75) is 38.3 Å². The summed E-state index contributed by atoms with van der Waals surface area (Å²) in [5.41, 5.74) is 0. The van der Waals surface area contributed by atoms with Crippen LogP contribution in [0.5, 0.6) is 0 Å². The first-order valence-electron chi connectivity index (χ1n) is 5.96. The molecule has 0 bridgehead atoms. The molecule has 1 unspecified atom stereocenters. The second-order valence-corrected chi connectivity index (χ2v) is 6.48. The second kappa shape index (κ2) is 4.81. The molecule has 6 nitrogen and oxygen atoms in total. The number of amides is 1. The summed E-state index contributed by atoms with van der Waals surface area (Å²) in [6.45, 7) is 2.49. The number of cyclic esters (lactones) is 1. The Morgan fingerprint density at radius 1 is 1.47 bits per heavy atom. The fraction of sp³-hybridized carbons (Fsp3) is 0.900. The fourth-order valence-electron chi connectivity index (χ4n) is 1.89. The highest BCUT2D eigenvalue weighted by Crippen LogP contribution is 2.30. The molecule has 0 aromatic carbocycles. The van der Waals surface area contributed by atoms with Crippen molar-refractivity contribution in [3.05, 3.63) is 0 Å². The third-order valence-corrected chi connectivity index (χ3v) is 4.45. The minimum absolute atomic E-state index is 0.111. The zero-order valence-corrected chi connectivity index (χ0v) is 10.7. The van der Waals surface area contributed by atoms with Gasteiger partial charge in [-0.2, -0.15) is 0 Å². The highest BCUT2D eigenvalue weighted by molar-refractivity contribution is 7.89. The lowest BCUT2D eigenvalue weighted by Crippen LogP contribution is -2.36. The van der Waals surface area contributed by atoms with Crippen LogP contribution in [0.2, 0.25) is 0 Å². The molecule has 0 aromatic heterocycles. The number of ether oxygens (including phenoxy) is 1. The molecular weight excluding hydrogens is 244 g/mol. The first-order chi connectivity index (χ1) is 8.02. The van der Waals surface area contributed by atoms with Gasteiger partial charge in [-0.15, -0.1) is 0 Å². The van der Waals surface area contributed by atoms with Gasteiger partial charge >= 0.3 is 6.09 Å². The molecule has 1 atom stereocenters. The smallest absolute Gasteiger partial charge is 0.410 e. The van der Waals surface area contributed by atoms with Crippen LogP contribution in [0.3, 0.4) is 0 Å². The number of carbonyl (C=O) groups is 1. The average molecular weight is 262 g/mol. The third-order valence-electron chi connectivity index (χ3n) is 2.89. The normalized spacial score (nSPS) is 25.1. The Bertz CT molecular complexity index is 391. The molecule has 2 rings (SSSR count). The molecule has 98 valence electrons. The molecule has 1 aliphatic carbocycles. The van der Waals surface area contributed by atoms with Gasteiger partial charge in [-0.05, 0) is 19.3 Å². The van der Waals surface area contributed by atoms with Crippen molar-refractivity contribution in [3.8, 4) is 0 Å². The number of carbonyl (C=O) groups excluding carboxylic acids is 1. The summed E-state index contributed by atoms with van der Waals surface area (Å²) in [7, 11) is -3.22. The Morgan fingerprint density at radius 2 is 2.18 bits per heavy atom. The summed E-state index contributed by atoms with van der Waals surface area (Å²) in [6.07, 6.45) is 1.97. The predicted octanol–water partition coefficient (Wildman–Crippen LogP) is 0.299. The van der Waals surface area contributed by atoms with Crippen LogP contribution in [0.4, 0.5) is 4.79 Å². The minimum Gasteiger partial charge on any atom is -0.443 e. The predicted molar refractivity (Wildman–Crippen MR) is 62.1 cm³/mol. The van der Waals surface area contributed by atoms with Crippen LogP contribution < -0.4 is 4.72 Å². The van der Waals surface area contributed by atoms with Gasteiger partial charge in [0.05, 0.1) is 12.3 Å². The SMILES string of the molecule is CCCS(=O)(=O)NCC1CN(C2CC2)C(=O)O1. The molecule has 1 N–H and O–H groups in total. The quantitative estimate of drug-likeness (QED) is 0.747. The molecule has 1 heterocycles. The van der Waals surface area contributed by atoms with Crippen LogP contribution in [-0.4, -0.2) is 50.4 Å². The second-order valence-electron chi connectivity index (χ2n) is 4.56. The van der Waals surface area contributed by atoms with Crippen molar-refractivity contribution in [1.29, 1.82) is 0 Å². The van der Waals surface area contributed by atoms with Crippen molar-refractivity contribution >= 4 is 16.1 Å². The molecular formula is C10H18N2O4S. The Labute approximate surface area is 101 Å². The maximum absolute atomic E-state index is 11.4. The van der Waals surface area contributed by atoms with E-state index < -0.39 is 10.0 Å². The van der Waals surface area contributed by atoms with E-state index in [9.17, 15) is 13.2 Å². The molecule has 0 radical (unpaired) electrons. The largest absolute Gasteiger partial charge is 0.443 e. The van der Waals surface area contributed by atoms with Crippen LogP contribution in [0.1, 0.15) is 26.2 Å². The van der Waals surface area contributed by atoms with Gasteiger partial charge in [0.1, 0.15) is 6.10 Å². The highest BCUT2D eigenvalue weighted by atomic mass is 32.2. The first-order valence-corrected chi connectivity index (χ1v) is 7.61. The molecule has 2 aliphatic rings. The molecule has 1 saturated heterocycles. The first kappa shape index (κ1) is 12.6. The standard InChI is InChI=1S/C10H18N2O4S/c1-2-5-17(14,15)11-6-9-7-12(8-3-4-8)10(13)16-9/h8-9,11H,2-7H2,1H3. The Hall–Kier alpha value is -0.820. The molecule has 2 fully saturated rings. The highest BCUT2D eigenvalue weighted by Gasteiger charge is 2.40. The molecule has 1 saturated carbocycles. The number of nitrogens with one attached hydrogen (secondary N) is 1. The lowest BCUT2D eigenvalue weighted by atomic mass is 10.3. The number of nitrogens with zero attached hydrogens (tertiary/aromatic N) is 1. The van der Waals surface area contributed by atoms with E-state index in [-0.39, 0.29) is 24.5 Å². The van der Waals surface area contributed by atoms with Gasteiger partial charge in [0.2, 0.25) is 10.0 Å². The van der Waals surface area contributed by atoms with Gasteiger partial charge in [0, 0.05) is 12.6 Å². The van der Waals surface area contributed by atoms with Crippen LogP contribution in [0.25, 0.3) is 0 Å². The molecule has 7 heteroatoms. The zero-order valence-electron chi connectivity index (χ0n) is 9.89. The van der Waals surface area contributed by atoms with E-state index in [0.717, 1.165) is 12.8 Å². The van der Waals surface area contributed by atoms with Crippen LogP contribution >= 0.6 is 0 Å². The lowest BCUT2D eigenvalue weighted by molar-refractivity contribution is 0.133. The van der Waals surface area contributed by atoms with Crippen molar-refractivity contribution in [1.82, 2.24) is 9.62 Å². The Morgan fingerprint density at radius 3 is 2.76 bits per heavy atom. The van der Waals surface area contributed by atoms with Crippen molar-refractivity contribution in [3.63, 3.8) is 0 Å². The Balaban J connectivity index is 1.79. The van der Waals surface area contributed by atoms with Gasteiger partial charge in [-0.1, -0.05) is 6.92 Å². The fourth-order valence-corrected chi connectivity index (χ4v) is 3.01. The van der Waals surface area contributed by atoms with E-state index >= 15 is 0 Å². The molecule has 1 amide bonds. The summed E-state index contributed by atoms with van der Waals surface area (Å²) in [5, 5.41) is 0. The van der Waals surface area contributed by atoms with E-state index in [1.807, 2.05) is 6.92 Å². The number of hydrogen-bond donors (Lipinski definition) is 1. The summed E-state index contributed by atoms with van der Waals surface area (Å²) < 4.78 is 30.4. The minimum atomic E-state index is -3.22. The Kier molecular flexibility index (Phi) is 3.58. The average Bonchev–Trinajstić information content (AvgIpc) is 3.01. The number of sulfonamides is 1. The van der Waals surface area contributed by atoms with E-state index in [1.165, 1.54) is 0 Å². The van der Waals surface area contributed by atoms with Gasteiger partial charge in [-0.25, -0.2) is 17.9 Å². The van der Waals surface area contributed by atoms with Crippen molar-refractivity contribution in [2.75, 3.05) is 18.8 Å². The van der Waals surface area contributed by atoms with Crippen LogP contribution in [0.15, 0.2) is 0 Å². The summed E-state index contributed by atoms with van der Waals surface area (Å²) in [5.74, 6) is 0.111. The van der Waals surface area contributed by atoms with Crippen molar-refractivity contribution < 1.29 is 17.9 Å². The maximum atomic E-state index is 11.4. The molecule has 1 aliphatic heterocycles. The number of hydrogen-bond acceptors (Lipinski definition) is 4. The van der Waals surface area contributed by atoms with E-state index in [0.29, 0.717) is 19.0 Å². The van der Waals surface area contributed by atoms with Crippen LogP contribution in [0, 0.1) is 0 Å². The van der Waals surface area contributed by atoms with Gasteiger partial charge in [0.15, 0.2) is 0 Å². The summed E-state index contributed by atoms with van der Waals surface area (Å²) in [4.78, 5) is 13.1. The van der Waals surface area contributed by atoms with Gasteiger partial charge < -0.3 is 9.64 Å². The summed E-state index contributed by atoms with van der Waals surface area (Å²) >= 11 is 0. The molecule has 17 heavy (non-hydrogen) atoms. The molecule has 0 aromatic rings. The topological polar surface area (TPSA) is 75.7 Å². The molecule has 0 spiro atoms. The van der Waals surface area contributed by atoms with Gasteiger partial charge in [-0.3, -0.25) is 0 Å². The van der Waals surface area contributed by atoms with Crippen molar-refractivity contribution in [2.24, 2.45) is 0 Å². The van der Waals surface area contributed by atoms with E-state index in [2.05, 4.69) is 4.72 Å². The zero-order chi connectivity index (χ0) is 12.5. The van der Waals surface area contributed by atoms with E-state index in [1.54, 1.807) is 4.90 Å².